The van der Waals surface area contributed by atoms with Gasteiger partial charge in [0.15, 0.2) is 0 Å². The zero-order valence-corrected chi connectivity index (χ0v) is 11.0. The molecule has 1 aliphatic rings. The van der Waals surface area contributed by atoms with Crippen LogP contribution in [0.1, 0.15) is 43.5 Å². The first-order valence-corrected chi connectivity index (χ1v) is 6.61. The van der Waals surface area contributed by atoms with Gasteiger partial charge in [-0.3, -0.25) is 0 Å². The lowest BCUT2D eigenvalue weighted by atomic mass is 9.80. The third-order valence-corrected chi connectivity index (χ3v) is 3.52. The summed E-state index contributed by atoms with van der Waals surface area (Å²) in [5.41, 5.74) is 0.519. The van der Waals surface area contributed by atoms with Crippen molar-refractivity contribution in [2.45, 2.75) is 39.2 Å². The van der Waals surface area contributed by atoms with Crippen molar-refractivity contribution < 1.29 is 9.53 Å². The minimum absolute atomic E-state index is 0.311. The van der Waals surface area contributed by atoms with E-state index in [4.69, 9.17) is 4.74 Å². The second-order valence-corrected chi connectivity index (χ2v) is 4.74. The van der Waals surface area contributed by atoms with E-state index in [0.29, 0.717) is 29.9 Å². The molecule has 1 aromatic heterocycles. The van der Waals surface area contributed by atoms with Crippen molar-refractivity contribution >= 4 is 11.8 Å². The number of esters is 1. The molecule has 0 aliphatic heterocycles. The number of rotatable bonds is 5. The van der Waals surface area contributed by atoms with Crippen molar-refractivity contribution in [3.63, 3.8) is 0 Å². The van der Waals surface area contributed by atoms with Gasteiger partial charge in [-0.25, -0.2) is 9.78 Å². The number of carbonyl (C=O) groups excluding carboxylic acids is 1. The van der Waals surface area contributed by atoms with E-state index in [1.165, 1.54) is 19.3 Å². The Bertz CT molecular complexity index is 416. The van der Waals surface area contributed by atoms with Crippen molar-refractivity contribution in [2.75, 3.05) is 11.9 Å². The number of carbonyl (C=O) groups is 1. The highest BCUT2D eigenvalue weighted by Gasteiger charge is 2.25. The van der Waals surface area contributed by atoms with Crippen molar-refractivity contribution in [1.29, 1.82) is 0 Å². The Hall–Kier alpha value is -1.58. The molecule has 0 saturated heterocycles. The first kappa shape index (κ1) is 12.9. The lowest BCUT2D eigenvalue weighted by Crippen LogP contribution is -2.31. The molecule has 4 heteroatoms. The summed E-state index contributed by atoms with van der Waals surface area (Å²) in [6, 6.07) is 3.86. The molecule has 0 amide bonds. The third kappa shape index (κ3) is 2.81. The summed E-state index contributed by atoms with van der Waals surface area (Å²) in [7, 11) is 0. The fourth-order valence-corrected chi connectivity index (χ4v) is 2.17. The Balaban J connectivity index is 2.08. The van der Waals surface area contributed by atoms with E-state index in [1.54, 1.807) is 25.3 Å². The number of hydrogen-bond acceptors (Lipinski definition) is 4. The molecule has 0 aromatic carbocycles. The molecule has 2 rings (SSSR count). The molecule has 4 nitrogen and oxygen atoms in total. The zero-order valence-electron chi connectivity index (χ0n) is 11.0. The fraction of sp³-hybridized carbons (Fsp3) is 0.571. The topological polar surface area (TPSA) is 51.2 Å². The monoisotopic (exact) mass is 248 g/mol. The summed E-state index contributed by atoms with van der Waals surface area (Å²) < 4.78 is 5.03. The Morgan fingerprint density at radius 3 is 3.00 bits per heavy atom. The van der Waals surface area contributed by atoms with Gasteiger partial charge in [0.2, 0.25) is 0 Å². The predicted molar refractivity (Wildman–Crippen MR) is 70.6 cm³/mol. The van der Waals surface area contributed by atoms with Gasteiger partial charge in [-0.15, -0.1) is 0 Å². The average molecular weight is 248 g/mol. The standard InChI is InChI=1S/C14H20N2O2/c1-3-18-14(17)12-8-5-9-15-13(12)16-10(2)11-6-4-7-11/h5,8-11H,3-4,6-7H2,1-2H3,(H,15,16). The zero-order chi connectivity index (χ0) is 13.0. The van der Waals surface area contributed by atoms with Crippen LogP contribution < -0.4 is 5.32 Å². The molecule has 1 aliphatic carbocycles. The van der Waals surface area contributed by atoms with Crippen LogP contribution in [0, 0.1) is 5.92 Å². The molecule has 98 valence electrons. The second-order valence-electron chi connectivity index (χ2n) is 4.74. The highest BCUT2D eigenvalue weighted by Crippen LogP contribution is 2.31. The molecule has 1 heterocycles. The summed E-state index contributed by atoms with van der Waals surface area (Å²) in [6.45, 7) is 4.33. The molecule has 0 bridgehead atoms. The molecule has 1 unspecified atom stereocenters. The first-order valence-electron chi connectivity index (χ1n) is 6.61. The van der Waals surface area contributed by atoms with E-state index in [-0.39, 0.29) is 5.97 Å². The van der Waals surface area contributed by atoms with E-state index in [2.05, 4.69) is 17.2 Å². The van der Waals surface area contributed by atoms with Gasteiger partial charge >= 0.3 is 5.97 Å². The van der Waals surface area contributed by atoms with Gasteiger partial charge < -0.3 is 10.1 Å². The van der Waals surface area contributed by atoms with Crippen molar-refractivity contribution in [1.82, 2.24) is 4.98 Å². The van der Waals surface area contributed by atoms with Crippen LogP contribution in [0.4, 0.5) is 5.82 Å². The summed E-state index contributed by atoms with van der Waals surface area (Å²) in [6.07, 6.45) is 5.52. The Kier molecular flexibility index (Phi) is 4.18. The molecule has 0 spiro atoms. The highest BCUT2D eigenvalue weighted by atomic mass is 16.5. The van der Waals surface area contributed by atoms with Gasteiger partial charge in [-0.1, -0.05) is 6.42 Å². The smallest absolute Gasteiger partial charge is 0.341 e. The number of hydrogen-bond donors (Lipinski definition) is 1. The van der Waals surface area contributed by atoms with Crippen LogP contribution in [0.2, 0.25) is 0 Å². The number of ether oxygens (including phenoxy) is 1. The van der Waals surface area contributed by atoms with Crippen LogP contribution in [0.15, 0.2) is 18.3 Å². The minimum atomic E-state index is -0.311. The second kappa shape index (κ2) is 5.85. The molecular weight excluding hydrogens is 228 g/mol. The molecule has 0 radical (unpaired) electrons. The van der Waals surface area contributed by atoms with Gasteiger partial charge in [0.25, 0.3) is 0 Å². The van der Waals surface area contributed by atoms with Gasteiger partial charge in [0.1, 0.15) is 11.4 Å². The minimum Gasteiger partial charge on any atom is -0.462 e. The van der Waals surface area contributed by atoms with Crippen LogP contribution in [-0.4, -0.2) is 23.6 Å². The molecule has 1 fully saturated rings. The van der Waals surface area contributed by atoms with Crippen LogP contribution in [0.3, 0.4) is 0 Å². The lowest BCUT2D eigenvalue weighted by Gasteiger charge is -2.32. The predicted octanol–water partition coefficient (Wildman–Crippen LogP) is 2.86. The van der Waals surface area contributed by atoms with Crippen molar-refractivity contribution in [2.24, 2.45) is 5.92 Å². The number of pyridine rings is 1. The number of nitrogens with zero attached hydrogens (tertiary/aromatic N) is 1. The SMILES string of the molecule is CCOC(=O)c1cccnc1NC(C)C1CCC1. The van der Waals surface area contributed by atoms with Crippen LogP contribution in [0.5, 0.6) is 0 Å². The van der Waals surface area contributed by atoms with Gasteiger partial charge in [0, 0.05) is 12.2 Å². The van der Waals surface area contributed by atoms with Crippen molar-refractivity contribution in [3.8, 4) is 0 Å². The lowest BCUT2D eigenvalue weighted by molar-refractivity contribution is 0.0527. The van der Waals surface area contributed by atoms with E-state index in [0.717, 1.165) is 0 Å². The molecule has 1 atom stereocenters. The molecular formula is C14H20N2O2. The average Bonchev–Trinajstić information content (AvgIpc) is 2.27. The van der Waals surface area contributed by atoms with Gasteiger partial charge in [0.05, 0.1) is 6.61 Å². The quantitative estimate of drug-likeness (QED) is 0.814. The summed E-state index contributed by atoms with van der Waals surface area (Å²) in [4.78, 5) is 16.0. The van der Waals surface area contributed by atoms with E-state index in [1.807, 2.05) is 0 Å². The maximum absolute atomic E-state index is 11.8. The molecule has 1 saturated carbocycles. The molecule has 18 heavy (non-hydrogen) atoms. The molecule has 1 N–H and O–H groups in total. The van der Waals surface area contributed by atoms with E-state index >= 15 is 0 Å². The first-order chi connectivity index (χ1) is 8.72. The van der Waals surface area contributed by atoms with E-state index < -0.39 is 0 Å². The number of nitrogens with one attached hydrogen (secondary N) is 1. The Morgan fingerprint density at radius 1 is 1.61 bits per heavy atom. The van der Waals surface area contributed by atoms with Crippen LogP contribution in [0.25, 0.3) is 0 Å². The fourth-order valence-electron chi connectivity index (χ4n) is 2.17. The van der Waals surface area contributed by atoms with Crippen LogP contribution in [-0.2, 0) is 4.74 Å². The number of aromatic nitrogens is 1. The Labute approximate surface area is 108 Å². The Morgan fingerprint density at radius 2 is 2.39 bits per heavy atom. The van der Waals surface area contributed by atoms with Gasteiger partial charge in [-0.2, -0.15) is 0 Å². The number of anilines is 1. The highest BCUT2D eigenvalue weighted by molar-refractivity contribution is 5.94. The normalized spacial score (nSPS) is 16.8. The summed E-state index contributed by atoms with van der Waals surface area (Å²) >= 11 is 0. The maximum atomic E-state index is 11.8. The summed E-state index contributed by atoms with van der Waals surface area (Å²) in [5, 5.41) is 3.34. The summed E-state index contributed by atoms with van der Waals surface area (Å²) in [5.74, 6) is 1.02. The van der Waals surface area contributed by atoms with Crippen LogP contribution >= 0.6 is 0 Å². The molecule has 1 aromatic rings. The maximum Gasteiger partial charge on any atom is 0.341 e. The van der Waals surface area contributed by atoms with Gasteiger partial charge in [-0.05, 0) is 44.7 Å². The van der Waals surface area contributed by atoms with Crippen molar-refractivity contribution in [3.05, 3.63) is 23.9 Å². The largest absolute Gasteiger partial charge is 0.462 e. The van der Waals surface area contributed by atoms with E-state index in [9.17, 15) is 4.79 Å². The third-order valence-electron chi connectivity index (χ3n) is 3.52.